The molecule has 0 atom stereocenters. The summed E-state index contributed by atoms with van der Waals surface area (Å²) in [6.07, 6.45) is 3.30. The molecule has 1 aromatic heterocycles. The monoisotopic (exact) mass is 460 g/mol. The number of amides is 1. The predicted octanol–water partition coefficient (Wildman–Crippen LogP) is 3.48. The van der Waals surface area contributed by atoms with E-state index in [-0.39, 0.29) is 17.3 Å². The number of imidazole rings is 1. The fourth-order valence-electron chi connectivity index (χ4n) is 3.42. The van der Waals surface area contributed by atoms with Crippen molar-refractivity contribution in [2.75, 3.05) is 6.54 Å². The maximum Gasteiger partial charge on any atom is 0.251 e. The van der Waals surface area contributed by atoms with Gasteiger partial charge in [0.1, 0.15) is 0 Å². The minimum absolute atomic E-state index is 0.0992. The van der Waals surface area contributed by atoms with Gasteiger partial charge < -0.3 is 9.88 Å². The number of sulfonamides is 1. The maximum atomic E-state index is 12.5. The van der Waals surface area contributed by atoms with E-state index in [2.05, 4.69) is 26.2 Å². The molecular weight excluding hydrogens is 436 g/mol. The van der Waals surface area contributed by atoms with Crippen LogP contribution < -0.4 is 10.0 Å². The maximum absolute atomic E-state index is 12.5. The standard InChI is InChI=1S/C25H24N4O3S/c1-2-15-28-33(31,32)22-13-11-21(12-14-22)25(30)26-16-19-7-9-20(10-8-19)17-29-18-27-23-5-3-4-6-24(23)29/h2-14,18,28H,1,15-17H2,(H,26,30). The van der Waals surface area contributed by atoms with Gasteiger partial charge in [-0.05, 0) is 47.5 Å². The Balaban J connectivity index is 1.34. The van der Waals surface area contributed by atoms with Crippen LogP contribution in [0.15, 0.2) is 96.7 Å². The zero-order chi connectivity index (χ0) is 23.3. The van der Waals surface area contributed by atoms with E-state index in [1.54, 1.807) is 0 Å². The van der Waals surface area contributed by atoms with E-state index in [0.29, 0.717) is 18.7 Å². The van der Waals surface area contributed by atoms with Gasteiger partial charge in [-0.1, -0.05) is 42.5 Å². The van der Waals surface area contributed by atoms with Gasteiger partial charge in [0.2, 0.25) is 10.0 Å². The topological polar surface area (TPSA) is 93.1 Å². The average Bonchev–Trinajstić information content (AvgIpc) is 3.25. The van der Waals surface area contributed by atoms with Gasteiger partial charge in [-0.3, -0.25) is 4.79 Å². The number of hydrogen-bond donors (Lipinski definition) is 2. The number of hydrogen-bond acceptors (Lipinski definition) is 4. The van der Waals surface area contributed by atoms with Gasteiger partial charge in [0.25, 0.3) is 5.91 Å². The Morgan fingerprint density at radius 1 is 0.970 bits per heavy atom. The van der Waals surface area contributed by atoms with Crippen molar-refractivity contribution in [1.82, 2.24) is 19.6 Å². The van der Waals surface area contributed by atoms with Crippen molar-refractivity contribution in [2.24, 2.45) is 0 Å². The van der Waals surface area contributed by atoms with Crippen molar-refractivity contribution in [3.63, 3.8) is 0 Å². The molecule has 1 heterocycles. The summed E-state index contributed by atoms with van der Waals surface area (Å²) in [6, 6.07) is 21.9. The normalized spacial score (nSPS) is 11.4. The van der Waals surface area contributed by atoms with Gasteiger partial charge >= 0.3 is 0 Å². The number of aromatic nitrogens is 2. The number of nitrogens with one attached hydrogen (secondary N) is 2. The van der Waals surface area contributed by atoms with Crippen LogP contribution in [0.25, 0.3) is 11.0 Å². The van der Waals surface area contributed by atoms with Gasteiger partial charge in [-0.25, -0.2) is 18.1 Å². The van der Waals surface area contributed by atoms with E-state index in [1.807, 2.05) is 54.9 Å². The Bertz CT molecular complexity index is 1380. The van der Waals surface area contributed by atoms with Crippen LogP contribution in [0.1, 0.15) is 21.5 Å². The summed E-state index contributed by atoms with van der Waals surface area (Å²) in [6.45, 7) is 4.71. The lowest BCUT2D eigenvalue weighted by molar-refractivity contribution is 0.0951. The molecule has 0 fully saturated rings. The second kappa shape index (κ2) is 9.81. The molecule has 0 aliphatic carbocycles. The third-order valence-corrected chi connectivity index (χ3v) is 6.64. The summed E-state index contributed by atoms with van der Waals surface area (Å²) < 4.78 is 28.7. The fourth-order valence-corrected chi connectivity index (χ4v) is 4.42. The number of nitrogens with zero attached hydrogens (tertiary/aromatic N) is 2. The molecule has 7 nitrogen and oxygen atoms in total. The van der Waals surface area contributed by atoms with E-state index in [0.717, 1.165) is 22.2 Å². The SMILES string of the molecule is C=CCNS(=O)(=O)c1ccc(C(=O)NCc2ccc(Cn3cnc4ccccc43)cc2)cc1. The van der Waals surface area contributed by atoms with E-state index < -0.39 is 10.0 Å². The highest BCUT2D eigenvalue weighted by Crippen LogP contribution is 2.15. The average molecular weight is 461 g/mol. The lowest BCUT2D eigenvalue weighted by atomic mass is 10.1. The van der Waals surface area contributed by atoms with Crippen LogP contribution in [0.5, 0.6) is 0 Å². The molecule has 168 valence electrons. The molecule has 1 amide bonds. The number of carbonyl (C=O) groups excluding carboxylic acids is 1. The zero-order valence-electron chi connectivity index (χ0n) is 17.9. The van der Waals surface area contributed by atoms with Crippen molar-refractivity contribution >= 4 is 27.0 Å². The van der Waals surface area contributed by atoms with Crippen LogP contribution in [0.3, 0.4) is 0 Å². The minimum atomic E-state index is -3.61. The third kappa shape index (κ3) is 5.36. The molecule has 4 aromatic rings. The number of para-hydroxylation sites is 2. The summed E-state index contributed by atoms with van der Waals surface area (Å²) in [5, 5.41) is 2.86. The van der Waals surface area contributed by atoms with Crippen LogP contribution in [0.2, 0.25) is 0 Å². The Morgan fingerprint density at radius 2 is 1.67 bits per heavy atom. The third-order valence-electron chi connectivity index (χ3n) is 5.20. The van der Waals surface area contributed by atoms with Crippen LogP contribution in [0.4, 0.5) is 0 Å². The summed E-state index contributed by atoms with van der Waals surface area (Å²) in [7, 11) is -3.61. The molecule has 0 radical (unpaired) electrons. The van der Waals surface area contributed by atoms with Gasteiger partial charge in [-0.15, -0.1) is 6.58 Å². The largest absolute Gasteiger partial charge is 0.348 e. The molecule has 33 heavy (non-hydrogen) atoms. The molecule has 4 rings (SSSR count). The van der Waals surface area contributed by atoms with Crippen molar-refractivity contribution in [3.05, 3.63) is 108 Å². The Morgan fingerprint density at radius 3 is 2.39 bits per heavy atom. The first-order valence-corrected chi connectivity index (χ1v) is 11.9. The molecular formula is C25H24N4O3S. The highest BCUT2D eigenvalue weighted by Gasteiger charge is 2.14. The van der Waals surface area contributed by atoms with Crippen molar-refractivity contribution in [2.45, 2.75) is 18.0 Å². The van der Waals surface area contributed by atoms with Gasteiger partial charge in [0, 0.05) is 25.2 Å². The zero-order valence-corrected chi connectivity index (χ0v) is 18.8. The molecule has 8 heteroatoms. The first-order chi connectivity index (χ1) is 16.0. The van der Waals surface area contributed by atoms with Crippen LogP contribution in [0, 0.1) is 0 Å². The molecule has 0 spiro atoms. The highest BCUT2D eigenvalue weighted by molar-refractivity contribution is 7.89. The number of rotatable bonds is 9. The van der Waals surface area contributed by atoms with Crippen LogP contribution in [-0.4, -0.2) is 30.4 Å². The number of benzene rings is 3. The van der Waals surface area contributed by atoms with E-state index in [4.69, 9.17) is 0 Å². The minimum Gasteiger partial charge on any atom is -0.348 e. The van der Waals surface area contributed by atoms with E-state index in [1.165, 1.54) is 30.3 Å². The second-order valence-corrected chi connectivity index (χ2v) is 9.29. The quantitative estimate of drug-likeness (QED) is 0.374. The van der Waals surface area contributed by atoms with Gasteiger partial charge in [0.05, 0.1) is 22.3 Å². The van der Waals surface area contributed by atoms with Crippen LogP contribution >= 0.6 is 0 Å². The van der Waals surface area contributed by atoms with Crippen molar-refractivity contribution in [3.8, 4) is 0 Å². The highest BCUT2D eigenvalue weighted by atomic mass is 32.2. The Hall–Kier alpha value is -3.75. The summed E-state index contributed by atoms with van der Waals surface area (Å²) in [4.78, 5) is 17.0. The molecule has 0 aliphatic heterocycles. The molecule has 0 saturated heterocycles. The molecule has 0 aliphatic rings. The lowest BCUT2D eigenvalue weighted by Gasteiger charge is -2.09. The molecule has 3 aromatic carbocycles. The molecule has 0 bridgehead atoms. The van der Waals surface area contributed by atoms with E-state index >= 15 is 0 Å². The Labute approximate surface area is 192 Å². The van der Waals surface area contributed by atoms with Crippen molar-refractivity contribution < 1.29 is 13.2 Å². The molecule has 0 saturated carbocycles. The molecule has 2 N–H and O–H groups in total. The number of fused-ring (bicyclic) bond motifs is 1. The van der Waals surface area contributed by atoms with Gasteiger partial charge in [-0.2, -0.15) is 0 Å². The summed E-state index contributed by atoms with van der Waals surface area (Å²) >= 11 is 0. The first-order valence-electron chi connectivity index (χ1n) is 10.4. The first kappa shape index (κ1) is 22.4. The predicted molar refractivity (Wildman–Crippen MR) is 128 cm³/mol. The van der Waals surface area contributed by atoms with Crippen LogP contribution in [-0.2, 0) is 23.1 Å². The van der Waals surface area contributed by atoms with Gasteiger partial charge in [0.15, 0.2) is 0 Å². The Kier molecular flexibility index (Phi) is 6.67. The number of carbonyl (C=O) groups is 1. The lowest BCUT2D eigenvalue weighted by Crippen LogP contribution is -2.24. The summed E-state index contributed by atoms with van der Waals surface area (Å²) in [5.74, 6) is -0.271. The molecule has 0 unspecified atom stereocenters. The second-order valence-electron chi connectivity index (χ2n) is 7.53. The summed E-state index contributed by atoms with van der Waals surface area (Å²) in [5.41, 5.74) is 4.55. The van der Waals surface area contributed by atoms with Crippen molar-refractivity contribution in [1.29, 1.82) is 0 Å². The smallest absolute Gasteiger partial charge is 0.251 e. The van der Waals surface area contributed by atoms with E-state index in [9.17, 15) is 13.2 Å². The fraction of sp³-hybridized carbons (Fsp3) is 0.120.